The summed E-state index contributed by atoms with van der Waals surface area (Å²) in [5, 5.41) is 0. The fraction of sp³-hybridized carbons (Fsp3) is 0.583. The first-order valence-electron chi connectivity index (χ1n) is 5.47. The van der Waals surface area contributed by atoms with Crippen LogP contribution in [0.1, 0.15) is 39.0 Å². The van der Waals surface area contributed by atoms with Crippen LogP contribution < -0.4 is 4.74 Å². The third kappa shape index (κ3) is 4.85. The largest absolute Gasteiger partial charge is 0.478 e. The summed E-state index contributed by atoms with van der Waals surface area (Å²) in [5.74, 6) is 0.739. The van der Waals surface area contributed by atoms with E-state index in [-0.39, 0.29) is 0 Å². The van der Waals surface area contributed by atoms with E-state index >= 15 is 0 Å². The molecule has 0 radical (unpaired) electrons. The molecule has 14 heavy (non-hydrogen) atoms. The summed E-state index contributed by atoms with van der Waals surface area (Å²) in [6, 6.07) is 5.74. The maximum absolute atomic E-state index is 5.48. The fourth-order valence-electron chi connectivity index (χ4n) is 1.31. The van der Waals surface area contributed by atoms with E-state index in [2.05, 4.69) is 11.9 Å². The fourth-order valence-corrected chi connectivity index (χ4v) is 1.31. The zero-order chi connectivity index (χ0) is 10.1. The van der Waals surface area contributed by atoms with Gasteiger partial charge in [-0.15, -0.1) is 0 Å². The number of aromatic nitrogens is 1. The Kier molecular flexibility index (Phi) is 5.80. The molecule has 0 aromatic carbocycles. The molecule has 0 saturated carbocycles. The molecule has 0 aliphatic rings. The molecule has 78 valence electrons. The number of hydrogen-bond donors (Lipinski definition) is 0. The summed E-state index contributed by atoms with van der Waals surface area (Å²) in [7, 11) is 0. The maximum Gasteiger partial charge on any atom is 0.213 e. The normalized spacial score (nSPS) is 10.1. The third-order valence-corrected chi connectivity index (χ3v) is 2.14. The third-order valence-electron chi connectivity index (χ3n) is 2.14. The lowest BCUT2D eigenvalue weighted by Gasteiger charge is -2.03. The molecule has 1 heterocycles. The summed E-state index contributed by atoms with van der Waals surface area (Å²) in [4.78, 5) is 4.09. The highest BCUT2D eigenvalue weighted by molar-refractivity contribution is 5.08. The van der Waals surface area contributed by atoms with Gasteiger partial charge in [0.1, 0.15) is 0 Å². The minimum absolute atomic E-state index is 0.739. The first-order valence-corrected chi connectivity index (χ1v) is 5.47. The summed E-state index contributed by atoms with van der Waals surface area (Å²) in [6.45, 7) is 3.02. The van der Waals surface area contributed by atoms with E-state index in [4.69, 9.17) is 4.74 Å². The monoisotopic (exact) mass is 193 g/mol. The van der Waals surface area contributed by atoms with Crippen LogP contribution in [0.15, 0.2) is 24.4 Å². The predicted octanol–water partition coefficient (Wildman–Crippen LogP) is 3.43. The molecule has 1 aromatic rings. The molecule has 2 nitrogen and oxygen atoms in total. The molecule has 2 heteroatoms. The molecular formula is C12H19NO. The van der Waals surface area contributed by atoms with E-state index in [0.29, 0.717) is 0 Å². The van der Waals surface area contributed by atoms with Gasteiger partial charge in [0, 0.05) is 12.3 Å². The van der Waals surface area contributed by atoms with Crippen molar-refractivity contribution in [2.45, 2.75) is 39.0 Å². The van der Waals surface area contributed by atoms with Gasteiger partial charge in [0.05, 0.1) is 6.61 Å². The molecule has 0 aliphatic carbocycles. The molecule has 0 fully saturated rings. The molecule has 0 amide bonds. The molecular weight excluding hydrogens is 174 g/mol. The van der Waals surface area contributed by atoms with Gasteiger partial charge >= 0.3 is 0 Å². The van der Waals surface area contributed by atoms with Crippen molar-refractivity contribution in [3.05, 3.63) is 24.4 Å². The second-order valence-electron chi connectivity index (χ2n) is 3.43. The van der Waals surface area contributed by atoms with Crippen molar-refractivity contribution >= 4 is 0 Å². The highest BCUT2D eigenvalue weighted by Crippen LogP contribution is 2.06. The Balaban J connectivity index is 1.99. The van der Waals surface area contributed by atoms with E-state index in [1.807, 2.05) is 18.2 Å². The molecule has 0 atom stereocenters. The second kappa shape index (κ2) is 7.36. The lowest BCUT2D eigenvalue weighted by atomic mass is 10.2. The van der Waals surface area contributed by atoms with Crippen LogP contribution in [0.4, 0.5) is 0 Å². The number of pyridine rings is 1. The number of ether oxygens (including phenoxy) is 1. The average Bonchev–Trinajstić information content (AvgIpc) is 2.25. The van der Waals surface area contributed by atoms with Crippen molar-refractivity contribution in [2.75, 3.05) is 6.61 Å². The minimum atomic E-state index is 0.739. The first kappa shape index (κ1) is 11.0. The van der Waals surface area contributed by atoms with E-state index in [9.17, 15) is 0 Å². The number of nitrogens with zero attached hydrogens (tertiary/aromatic N) is 1. The van der Waals surface area contributed by atoms with Gasteiger partial charge in [-0.3, -0.25) is 0 Å². The Morgan fingerprint density at radius 3 is 2.71 bits per heavy atom. The standard InChI is InChI=1S/C12H19NO/c1-2-3-4-5-8-11-14-12-9-6-7-10-13-12/h6-7,9-10H,2-5,8,11H2,1H3. The number of hydrogen-bond acceptors (Lipinski definition) is 2. The summed E-state index contributed by atoms with van der Waals surface area (Å²) >= 11 is 0. The van der Waals surface area contributed by atoms with Crippen LogP contribution in [0.5, 0.6) is 5.88 Å². The van der Waals surface area contributed by atoms with Gasteiger partial charge in [-0.25, -0.2) is 4.98 Å². The molecule has 0 N–H and O–H groups in total. The summed E-state index contributed by atoms with van der Waals surface area (Å²) in [6.07, 6.45) is 8.11. The molecule has 0 saturated heterocycles. The number of unbranched alkanes of at least 4 members (excludes halogenated alkanes) is 4. The number of rotatable bonds is 7. The van der Waals surface area contributed by atoms with Gasteiger partial charge in [-0.1, -0.05) is 38.7 Å². The van der Waals surface area contributed by atoms with Crippen LogP contribution in [-0.2, 0) is 0 Å². The summed E-state index contributed by atoms with van der Waals surface area (Å²) < 4.78 is 5.48. The van der Waals surface area contributed by atoms with Gasteiger partial charge in [0.15, 0.2) is 0 Å². The van der Waals surface area contributed by atoms with Crippen molar-refractivity contribution in [3.63, 3.8) is 0 Å². The highest BCUT2D eigenvalue weighted by atomic mass is 16.5. The van der Waals surface area contributed by atoms with Gasteiger partial charge in [0.25, 0.3) is 0 Å². The van der Waals surface area contributed by atoms with Crippen molar-refractivity contribution in [3.8, 4) is 5.88 Å². The van der Waals surface area contributed by atoms with Gasteiger partial charge in [0.2, 0.25) is 5.88 Å². The lowest BCUT2D eigenvalue weighted by molar-refractivity contribution is 0.293. The topological polar surface area (TPSA) is 22.1 Å². The SMILES string of the molecule is CCCCCCCOc1ccccn1. The Hall–Kier alpha value is -1.05. The Morgan fingerprint density at radius 1 is 1.14 bits per heavy atom. The van der Waals surface area contributed by atoms with Crippen LogP contribution in [0.3, 0.4) is 0 Å². The molecule has 0 aliphatic heterocycles. The first-order chi connectivity index (χ1) is 6.93. The van der Waals surface area contributed by atoms with E-state index in [1.54, 1.807) is 6.20 Å². The zero-order valence-electron chi connectivity index (χ0n) is 8.91. The van der Waals surface area contributed by atoms with Crippen LogP contribution in [-0.4, -0.2) is 11.6 Å². The van der Waals surface area contributed by atoms with Crippen molar-refractivity contribution in [1.82, 2.24) is 4.98 Å². The van der Waals surface area contributed by atoms with Gasteiger partial charge in [-0.05, 0) is 12.5 Å². The van der Waals surface area contributed by atoms with Crippen molar-refractivity contribution < 1.29 is 4.74 Å². The maximum atomic E-state index is 5.48. The molecule has 0 spiro atoms. The van der Waals surface area contributed by atoms with Crippen molar-refractivity contribution in [1.29, 1.82) is 0 Å². The van der Waals surface area contributed by atoms with Crippen LogP contribution in [0.2, 0.25) is 0 Å². The lowest BCUT2D eigenvalue weighted by Crippen LogP contribution is -1.98. The zero-order valence-corrected chi connectivity index (χ0v) is 8.91. The van der Waals surface area contributed by atoms with E-state index in [1.165, 1.54) is 25.7 Å². The Bertz CT molecular complexity index is 223. The molecule has 0 unspecified atom stereocenters. The molecule has 1 aromatic heterocycles. The Labute approximate surface area is 86.3 Å². The molecule has 0 bridgehead atoms. The second-order valence-corrected chi connectivity index (χ2v) is 3.43. The highest BCUT2D eigenvalue weighted by Gasteiger charge is 1.92. The minimum Gasteiger partial charge on any atom is -0.478 e. The average molecular weight is 193 g/mol. The smallest absolute Gasteiger partial charge is 0.213 e. The summed E-state index contributed by atoms with van der Waals surface area (Å²) in [5.41, 5.74) is 0. The Morgan fingerprint density at radius 2 is 2.00 bits per heavy atom. The van der Waals surface area contributed by atoms with Crippen LogP contribution in [0, 0.1) is 0 Å². The van der Waals surface area contributed by atoms with Gasteiger partial charge < -0.3 is 4.74 Å². The quantitative estimate of drug-likeness (QED) is 0.619. The van der Waals surface area contributed by atoms with E-state index < -0.39 is 0 Å². The van der Waals surface area contributed by atoms with Crippen LogP contribution in [0.25, 0.3) is 0 Å². The van der Waals surface area contributed by atoms with Gasteiger partial charge in [-0.2, -0.15) is 0 Å². The van der Waals surface area contributed by atoms with Crippen molar-refractivity contribution in [2.24, 2.45) is 0 Å². The molecule has 1 rings (SSSR count). The van der Waals surface area contributed by atoms with E-state index in [0.717, 1.165) is 18.9 Å². The van der Waals surface area contributed by atoms with Crippen LogP contribution >= 0.6 is 0 Å². The predicted molar refractivity (Wildman–Crippen MR) is 58.5 cm³/mol.